The van der Waals surface area contributed by atoms with Gasteiger partial charge < -0.3 is 24.1 Å². The molecule has 1 amide bonds. The summed E-state index contributed by atoms with van der Waals surface area (Å²) in [5.74, 6) is 0.0942. The summed E-state index contributed by atoms with van der Waals surface area (Å²) >= 11 is 0. The van der Waals surface area contributed by atoms with Gasteiger partial charge in [-0.25, -0.2) is 4.39 Å². The van der Waals surface area contributed by atoms with Gasteiger partial charge >= 0.3 is 0 Å². The monoisotopic (exact) mass is 496 g/mol. The maximum absolute atomic E-state index is 14.0. The van der Waals surface area contributed by atoms with E-state index in [0.717, 1.165) is 68.2 Å². The fraction of sp³-hybridized carbons (Fsp3) is 0.500. The van der Waals surface area contributed by atoms with Gasteiger partial charge in [-0.15, -0.1) is 0 Å². The first-order chi connectivity index (χ1) is 17.5. The molecule has 3 aromatic rings. The predicted molar refractivity (Wildman–Crippen MR) is 139 cm³/mol. The van der Waals surface area contributed by atoms with E-state index in [4.69, 9.17) is 4.74 Å². The maximum atomic E-state index is 14.0. The van der Waals surface area contributed by atoms with Crippen molar-refractivity contribution >= 4 is 16.8 Å². The minimum Gasteiger partial charge on any atom is -0.385 e. The summed E-state index contributed by atoms with van der Waals surface area (Å²) in [5.41, 5.74) is 2.10. The molecule has 0 radical (unpaired) electrons. The molecule has 1 unspecified atom stereocenters. The molecule has 1 atom stereocenters. The fourth-order valence-electron chi connectivity index (χ4n) is 4.79. The van der Waals surface area contributed by atoms with E-state index in [-0.39, 0.29) is 23.2 Å². The summed E-state index contributed by atoms with van der Waals surface area (Å²) in [7, 11) is 3.43. The lowest BCUT2D eigenvalue weighted by molar-refractivity contribution is -0.137. The molecule has 2 fully saturated rings. The smallest absolute Gasteiger partial charge is 0.250 e. The SMILES string of the molecule is COCCCn1cc(CN(C(=O)C2CCCNC2)C2CC2)c2cc(F)ccc21.Cn1ccccc1=O. The van der Waals surface area contributed by atoms with Crippen LogP contribution < -0.4 is 10.9 Å². The number of aromatic nitrogens is 2. The number of aryl methyl sites for hydroxylation is 2. The Bertz CT molecular complexity index is 1210. The Morgan fingerprint density at radius 3 is 2.69 bits per heavy atom. The summed E-state index contributed by atoms with van der Waals surface area (Å²) in [6.45, 7) is 3.85. The number of methoxy groups -OCH3 is 1. The van der Waals surface area contributed by atoms with Gasteiger partial charge in [0.1, 0.15) is 5.82 Å². The van der Waals surface area contributed by atoms with Gasteiger partial charge in [0.25, 0.3) is 0 Å². The van der Waals surface area contributed by atoms with Crippen LogP contribution in [0.25, 0.3) is 10.9 Å². The minimum atomic E-state index is -0.232. The number of rotatable bonds is 8. The van der Waals surface area contributed by atoms with Crippen molar-refractivity contribution < 1.29 is 13.9 Å². The van der Waals surface area contributed by atoms with Crippen molar-refractivity contribution in [2.24, 2.45) is 13.0 Å². The minimum absolute atomic E-state index is 0.0347. The van der Waals surface area contributed by atoms with Gasteiger partial charge in [-0.1, -0.05) is 6.07 Å². The van der Waals surface area contributed by atoms with Gasteiger partial charge in [-0.2, -0.15) is 0 Å². The summed E-state index contributed by atoms with van der Waals surface area (Å²) in [6.07, 6.45) is 8.89. The van der Waals surface area contributed by atoms with E-state index >= 15 is 0 Å². The highest BCUT2D eigenvalue weighted by Crippen LogP contribution is 2.33. The number of piperidine rings is 1. The summed E-state index contributed by atoms with van der Waals surface area (Å²) in [5, 5.41) is 4.27. The van der Waals surface area contributed by atoms with Crippen molar-refractivity contribution in [3.63, 3.8) is 0 Å². The summed E-state index contributed by atoms with van der Waals surface area (Å²) in [4.78, 5) is 25.8. The van der Waals surface area contributed by atoms with Crippen molar-refractivity contribution in [1.82, 2.24) is 19.4 Å². The first kappa shape index (κ1) is 26.1. The summed E-state index contributed by atoms with van der Waals surface area (Å²) in [6, 6.07) is 10.4. The van der Waals surface area contributed by atoms with Crippen LogP contribution in [0.4, 0.5) is 4.39 Å². The van der Waals surface area contributed by atoms with E-state index in [9.17, 15) is 14.0 Å². The zero-order chi connectivity index (χ0) is 25.5. The lowest BCUT2D eigenvalue weighted by Crippen LogP contribution is -2.43. The molecule has 1 saturated carbocycles. The Labute approximate surface area is 211 Å². The quantitative estimate of drug-likeness (QED) is 0.483. The zero-order valence-electron chi connectivity index (χ0n) is 21.3. The molecular weight excluding hydrogens is 459 g/mol. The number of hydrogen-bond donors (Lipinski definition) is 1. The van der Waals surface area contributed by atoms with Crippen molar-refractivity contribution in [1.29, 1.82) is 0 Å². The van der Waals surface area contributed by atoms with Crippen LogP contribution in [0.3, 0.4) is 0 Å². The third-order valence-corrected chi connectivity index (χ3v) is 6.94. The van der Waals surface area contributed by atoms with Gasteiger partial charge in [-0.05, 0) is 68.5 Å². The van der Waals surface area contributed by atoms with Crippen LogP contribution >= 0.6 is 0 Å². The van der Waals surface area contributed by atoms with Crippen LogP contribution in [-0.4, -0.2) is 52.8 Å². The average molecular weight is 497 g/mol. The van der Waals surface area contributed by atoms with Crippen molar-refractivity contribution in [3.05, 3.63) is 70.5 Å². The number of ether oxygens (including phenoxy) is 1. The number of nitrogens with one attached hydrogen (secondary N) is 1. The molecule has 1 saturated heterocycles. The molecule has 1 aliphatic carbocycles. The number of carbonyl (C=O) groups excluding carboxylic acids is 1. The van der Waals surface area contributed by atoms with E-state index < -0.39 is 0 Å². The molecular formula is C28H37FN4O3. The number of amides is 1. The van der Waals surface area contributed by atoms with E-state index in [2.05, 4.69) is 21.0 Å². The molecule has 36 heavy (non-hydrogen) atoms. The van der Waals surface area contributed by atoms with Crippen LogP contribution in [0.2, 0.25) is 0 Å². The number of fused-ring (bicyclic) bond motifs is 1. The highest BCUT2D eigenvalue weighted by atomic mass is 19.1. The second kappa shape index (κ2) is 12.3. The van der Waals surface area contributed by atoms with E-state index in [1.807, 2.05) is 12.1 Å². The van der Waals surface area contributed by atoms with Crippen LogP contribution in [0.15, 0.2) is 53.6 Å². The average Bonchev–Trinajstić information content (AvgIpc) is 3.68. The first-order valence-electron chi connectivity index (χ1n) is 12.9. The second-order valence-electron chi connectivity index (χ2n) is 9.75. The Hall–Kier alpha value is -2.97. The molecule has 2 aliphatic rings. The molecule has 2 aromatic heterocycles. The number of benzene rings is 1. The van der Waals surface area contributed by atoms with Gasteiger partial charge in [0, 0.05) is 75.8 Å². The van der Waals surface area contributed by atoms with E-state index in [1.54, 1.807) is 32.5 Å². The summed E-state index contributed by atoms with van der Waals surface area (Å²) < 4.78 is 22.8. The highest BCUT2D eigenvalue weighted by molar-refractivity contribution is 5.85. The number of carbonyl (C=O) groups is 1. The van der Waals surface area contributed by atoms with Gasteiger partial charge in [0.05, 0.1) is 5.92 Å². The van der Waals surface area contributed by atoms with Gasteiger partial charge in [-0.3, -0.25) is 9.59 Å². The van der Waals surface area contributed by atoms with Crippen molar-refractivity contribution in [3.8, 4) is 0 Å². The molecule has 0 bridgehead atoms. The number of hydrogen-bond acceptors (Lipinski definition) is 4. The number of nitrogens with zero attached hydrogens (tertiary/aromatic N) is 3. The van der Waals surface area contributed by atoms with Gasteiger partial charge in [0.15, 0.2) is 0 Å². The van der Waals surface area contributed by atoms with Crippen molar-refractivity contribution in [2.45, 2.75) is 51.2 Å². The Morgan fingerprint density at radius 2 is 2.06 bits per heavy atom. The largest absolute Gasteiger partial charge is 0.385 e. The Balaban J connectivity index is 0.000000325. The second-order valence-corrected chi connectivity index (χ2v) is 9.75. The number of pyridine rings is 1. The molecule has 1 aliphatic heterocycles. The van der Waals surface area contributed by atoms with Crippen LogP contribution in [0.5, 0.6) is 0 Å². The van der Waals surface area contributed by atoms with E-state index in [1.165, 1.54) is 16.7 Å². The highest BCUT2D eigenvalue weighted by Gasteiger charge is 2.36. The predicted octanol–water partition coefficient (Wildman–Crippen LogP) is 3.69. The molecule has 5 rings (SSSR count). The lowest BCUT2D eigenvalue weighted by atomic mass is 9.97. The van der Waals surface area contributed by atoms with Gasteiger partial charge in [0.2, 0.25) is 11.5 Å². The molecule has 3 heterocycles. The van der Waals surface area contributed by atoms with Crippen molar-refractivity contribution in [2.75, 3.05) is 26.8 Å². The Morgan fingerprint density at radius 1 is 1.22 bits per heavy atom. The zero-order valence-corrected chi connectivity index (χ0v) is 21.3. The van der Waals surface area contributed by atoms with Crippen LogP contribution in [0.1, 0.15) is 37.7 Å². The molecule has 1 N–H and O–H groups in total. The first-order valence-corrected chi connectivity index (χ1v) is 12.9. The Kier molecular flexibility index (Phi) is 8.93. The topological polar surface area (TPSA) is 68.5 Å². The normalized spacial score (nSPS) is 17.5. The van der Waals surface area contributed by atoms with E-state index in [0.29, 0.717) is 19.2 Å². The molecule has 1 aromatic carbocycles. The number of halogens is 1. The third kappa shape index (κ3) is 6.62. The molecule has 7 nitrogen and oxygen atoms in total. The third-order valence-electron chi connectivity index (χ3n) is 6.94. The molecule has 8 heteroatoms. The standard InChI is InChI=1S/C22H30FN3O2.C6H7NO/c1-28-11-3-10-25-14-17(20-12-18(23)5-8-21(20)25)15-26(19-6-7-19)22(27)16-4-2-9-24-13-16;1-7-5-3-2-4-6(7)8/h5,8,12,14,16,19,24H,2-4,6-7,9-11,13,15H2,1H3;2-5H,1H3. The molecule has 0 spiro atoms. The lowest BCUT2D eigenvalue weighted by Gasteiger charge is -2.29. The fourth-order valence-corrected chi connectivity index (χ4v) is 4.79. The van der Waals surface area contributed by atoms with Crippen LogP contribution in [-0.2, 0) is 29.7 Å². The maximum Gasteiger partial charge on any atom is 0.250 e. The van der Waals surface area contributed by atoms with Crippen LogP contribution in [0, 0.1) is 11.7 Å². The molecule has 194 valence electrons.